The van der Waals surface area contributed by atoms with Crippen LogP contribution in [0.5, 0.6) is 17.2 Å². The molecule has 1 N–H and O–H groups in total. The van der Waals surface area contributed by atoms with Gasteiger partial charge >= 0.3 is 5.97 Å². The highest BCUT2D eigenvalue weighted by Crippen LogP contribution is 2.28. The number of carbonyl (C=O) groups excluding carboxylic acids is 1. The van der Waals surface area contributed by atoms with Gasteiger partial charge in [0.2, 0.25) is 0 Å². The van der Waals surface area contributed by atoms with E-state index in [-0.39, 0.29) is 5.75 Å². The molecule has 0 saturated carbocycles. The molecule has 0 radical (unpaired) electrons. The number of esters is 1. The molecule has 0 aliphatic rings. The summed E-state index contributed by atoms with van der Waals surface area (Å²) in [6, 6.07) is 11.6. The summed E-state index contributed by atoms with van der Waals surface area (Å²) in [5.74, 6) is 8.64. The number of benzene rings is 2. The van der Waals surface area contributed by atoms with E-state index >= 15 is 0 Å². The molecule has 0 heterocycles. The predicted molar refractivity (Wildman–Crippen MR) is 90.9 cm³/mol. The van der Waals surface area contributed by atoms with Gasteiger partial charge in [-0.1, -0.05) is 29.9 Å². The van der Waals surface area contributed by atoms with Gasteiger partial charge < -0.3 is 14.6 Å². The summed E-state index contributed by atoms with van der Waals surface area (Å²) in [6.45, 7) is 1.32. The zero-order valence-electron chi connectivity index (χ0n) is 13.4. The van der Waals surface area contributed by atoms with Gasteiger partial charge in [-0.25, -0.2) is 0 Å². The van der Waals surface area contributed by atoms with E-state index in [9.17, 15) is 9.90 Å². The van der Waals surface area contributed by atoms with Crippen LogP contribution in [0.1, 0.15) is 24.0 Å². The van der Waals surface area contributed by atoms with Gasteiger partial charge in [0.05, 0.1) is 7.11 Å². The Morgan fingerprint density at radius 2 is 1.88 bits per heavy atom. The van der Waals surface area contributed by atoms with E-state index in [4.69, 9.17) is 15.9 Å². The molecule has 24 heavy (non-hydrogen) atoms. The van der Waals surface area contributed by atoms with Crippen molar-refractivity contribution < 1.29 is 19.4 Å². The fraction of sp³-hybridized carbons (Fsp3) is 0.150. The van der Waals surface area contributed by atoms with Crippen LogP contribution >= 0.6 is 0 Å². The van der Waals surface area contributed by atoms with Gasteiger partial charge in [0.15, 0.2) is 11.5 Å². The van der Waals surface area contributed by atoms with E-state index in [1.54, 1.807) is 42.5 Å². The van der Waals surface area contributed by atoms with Crippen LogP contribution in [-0.4, -0.2) is 18.2 Å². The Hall–Kier alpha value is -3.37. The molecule has 4 heteroatoms. The first kappa shape index (κ1) is 17.0. The molecule has 0 amide bonds. The van der Waals surface area contributed by atoms with Crippen LogP contribution in [0.25, 0.3) is 0 Å². The first-order valence-corrected chi connectivity index (χ1v) is 7.16. The Bertz CT molecular complexity index is 833. The van der Waals surface area contributed by atoms with Crippen LogP contribution in [0.15, 0.2) is 42.5 Å². The number of hydrogen-bond donors (Lipinski definition) is 1. The molecule has 2 aromatic rings. The van der Waals surface area contributed by atoms with Gasteiger partial charge in [0, 0.05) is 18.6 Å². The SMILES string of the molecule is C#CC(C#Cc1ccc(OC)c(OC(C)=O)c1)c1ccc(O)cc1. The number of rotatable bonds is 3. The summed E-state index contributed by atoms with van der Waals surface area (Å²) < 4.78 is 10.3. The number of aromatic hydroxyl groups is 1. The minimum Gasteiger partial charge on any atom is -0.508 e. The van der Waals surface area contributed by atoms with E-state index in [1.165, 1.54) is 14.0 Å². The van der Waals surface area contributed by atoms with Gasteiger partial charge in [0.25, 0.3) is 0 Å². The maximum Gasteiger partial charge on any atom is 0.308 e. The lowest BCUT2D eigenvalue weighted by atomic mass is 10.00. The van der Waals surface area contributed by atoms with E-state index in [0.29, 0.717) is 17.1 Å². The van der Waals surface area contributed by atoms with Crippen molar-refractivity contribution in [2.75, 3.05) is 7.11 Å². The maximum atomic E-state index is 11.2. The number of methoxy groups -OCH3 is 1. The number of phenols is 1. The Morgan fingerprint density at radius 1 is 1.17 bits per heavy atom. The maximum absolute atomic E-state index is 11.2. The molecule has 4 nitrogen and oxygen atoms in total. The third kappa shape index (κ3) is 4.32. The highest BCUT2D eigenvalue weighted by Gasteiger charge is 2.08. The molecule has 1 unspecified atom stereocenters. The van der Waals surface area contributed by atoms with Crippen molar-refractivity contribution in [1.82, 2.24) is 0 Å². The van der Waals surface area contributed by atoms with Gasteiger partial charge in [-0.05, 0) is 29.8 Å². The van der Waals surface area contributed by atoms with Crippen molar-refractivity contribution in [2.24, 2.45) is 0 Å². The second-order valence-corrected chi connectivity index (χ2v) is 4.92. The molecule has 0 fully saturated rings. The Morgan fingerprint density at radius 3 is 2.46 bits per heavy atom. The lowest BCUT2D eigenvalue weighted by Gasteiger charge is -2.08. The predicted octanol–water partition coefficient (Wildman–Crippen LogP) is 3.09. The number of terminal acetylenes is 1. The number of hydrogen-bond acceptors (Lipinski definition) is 4. The van der Waals surface area contributed by atoms with Crippen LogP contribution in [-0.2, 0) is 4.79 Å². The molecule has 0 aliphatic carbocycles. The lowest BCUT2D eigenvalue weighted by molar-refractivity contribution is -0.132. The van der Waals surface area contributed by atoms with Crippen molar-refractivity contribution in [3.05, 3.63) is 53.6 Å². The van der Waals surface area contributed by atoms with Crippen molar-refractivity contribution in [3.63, 3.8) is 0 Å². The zero-order chi connectivity index (χ0) is 17.5. The van der Waals surface area contributed by atoms with Crippen molar-refractivity contribution >= 4 is 5.97 Å². The minimum absolute atomic E-state index is 0.170. The third-order valence-corrected chi connectivity index (χ3v) is 3.17. The smallest absolute Gasteiger partial charge is 0.308 e. The van der Waals surface area contributed by atoms with Crippen LogP contribution in [0.2, 0.25) is 0 Å². The summed E-state index contributed by atoms with van der Waals surface area (Å²) in [5.41, 5.74) is 1.46. The first-order chi connectivity index (χ1) is 11.5. The van der Waals surface area contributed by atoms with E-state index in [0.717, 1.165) is 5.56 Å². The van der Waals surface area contributed by atoms with Gasteiger partial charge in [-0.3, -0.25) is 4.79 Å². The molecule has 0 aromatic heterocycles. The third-order valence-electron chi connectivity index (χ3n) is 3.17. The van der Waals surface area contributed by atoms with E-state index in [1.807, 2.05) is 0 Å². The van der Waals surface area contributed by atoms with Crippen LogP contribution in [0, 0.1) is 24.2 Å². The van der Waals surface area contributed by atoms with Gasteiger partial charge in [-0.2, -0.15) is 0 Å². The molecule has 0 bridgehead atoms. The topological polar surface area (TPSA) is 55.8 Å². The van der Waals surface area contributed by atoms with Gasteiger partial charge in [-0.15, -0.1) is 6.42 Å². The van der Waals surface area contributed by atoms with Gasteiger partial charge in [0.1, 0.15) is 11.7 Å². The number of ether oxygens (including phenoxy) is 2. The molecule has 0 aliphatic heterocycles. The summed E-state index contributed by atoms with van der Waals surface area (Å²) in [5, 5.41) is 9.33. The van der Waals surface area contributed by atoms with Crippen molar-refractivity contribution in [2.45, 2.75) is 12.8 Å². The molecule has 1 atom stereocenters. The van der Waals surface area contributed by atoms with Crippen molar-refractivity contribution in [3.8, 4) is 41.4 Å². The molecule has 2 rings (SSSR count). The largest absolute Gasteiger partial charge is 0.508 e. The lowest BCUT2D eigenvalue weighted by Crippen LogP contribution is -2.03. The molecule has 0 saturated heterocycles. The monoisotopic (exact) mass is 320 g/mol. The van der Waals surface area contributed by atoms with E-state index in [2.05, 4.69) is 17.8 Å². The Balaban J connectivity index is 2.30. The Kier molecular flexibility index (Phi) is 5.49. The number of phenolic OH excluding ortho intramolecular Hbond substituents is 1. The average Bonchev–Trinajstić information content (AvgIpc) is 2.56. The quantitative estimate of drug-likeness (QED) is 0.536. The molecular formula is C20H16O4. The Labute approximate surface area is 141 Å². The molecule has 2 aromatic carbocycles. The standard InChI is InChI=1S/C20H16O4/c1-4-16(17-8-10-18(22)11-9-17)7-5-15-6-12-19(23-3)20(13-15)24-14(2)21/h1,6,8-13,16,22H,2-3H3. The zero-order valence-corrected chi connectivity index (χ0v) is 13.4. The fourth-order valence-corrected chi connectivity index (χ4v) is 2.03. The number of carbonyl (C=O) groups is 1. The highest BCUT2D eigenvalue weighted by atomic mass is 16.6. The van der Waals surface area contributed by atoms with E-state index < -0.39 is 11.9 Å². The minimum atomic E-state index is -0.441. The molecule has 0 spiro atoms. The van der Waals surface area contributed by atoms with Crippen LogP contribution in [0.4, 0.5) is 0 Å². The summed E-state index contributed by atoms with van der Waals surface area (Å²) in [7, 11) is 1.49. The normalized spacial score (nSPS) is 10.7. The summed E-state index contributed by atoms with van der Waals surface area (Å²) in [4.78, 5) is 11.2. The fourth-order valence-electron chi connectivity index (χ4n) is 2.03. The van der Waals surface area contributed by atoms with Crippen molar-refractivity contribution in [1.29, 1.82) is 0 Å². The molecule has 120 valence electrons. The van der Waals surface area contributed by atoms with Crippen LogP contribution < -0.4 is 9.47 Å². The average molecular weight is 320 g/mol. The van der Waals surface area contributed by atoms with Crippen LogP contribution in [0.3, 0.4) is 0 Å². The second kappa shape index (κ2) is 7.76. The summed E-state index contributed by atoms with van der Waals surface area (Å²) >= 11 is 0. The highest BCUT2D eigenvalue weighted by molar-refractivity contribution is 5.70. The molecular weight excluding hydrogens is 304 g/mol. The second-order valence-electron chi connectivity index (χ2n) is 4.92. The summed E-state index contributed by atoms with van der Waals surface area (Å²) in [6.07, 6.45) is 5.54. The first-order valence-electron chi connectivity index (χ1n) is 7.16.